The van der Waals surface area contributed by atoms with Crippen LogP contribution in [-0.2, 0) is 0 Å². The Bertz CT molecular complexity index is 3730. The second-order valence-corrected chi connectivity index (χ2v) is 16.4. The summed E-state index contributed by atoms with van der Waals surface area (Å²) in [4.78, 5) is 2.57. The maximum atomic E-state index is 7.02. The molecule has 276 valence electrons. The first-order valence-corrected chi connectivity index (χ1v) is 20.8. The normalized spacial score (nSPS) is 12.9. The molecule has 0 amide bonds. The number of rotatable bonds is 3. The van der Waals surface area contributed by atoms with Crippen LogP contribution in [0.1, 0.15) is 0 Å². The zero-order valence-corrected chi connectivity index (χ0v) is 32.4. The highest BCUT2D eigenvalue weighted by Crippen LogP contribution is 2.50. The number of aromatic nitrogens is 1. The van der Waals surface area contributed by atoms with Gasteiger partial charge in [0.25, 0.3) is 0 Å². The van der Waals surface area contributed by atoms with Gasteiger partial charge < -0.3 is 13.8 Å². The molecule has 0 unspecified atom stereocenters. The molecule has 4 heteroatoms. The van der Waals surface area contributed by atoms with Crippen molar-refractivity contribution in [3.8, 4) is 33.4 Å². The minimum Gasteiger partial charge on any atom is -0.455 e. The van der Waals surface area contributed by atoms with Gasteiger partial charge in [0.1, 0.15) is 11.2 Å². The highest BCUT2D eigenvalue weighted by atomic mass is 16.3. The van der Waals surface area contributed by atoms with Crippen LogP contribution in [0, 0.1) is 0 Å². The topological polar surface area (TPSA) is 21.3 Å². The van der Waals surface area contributed by atoms with E-state index in [9.17, 15) is 0 Å². The third-order valence-corrected chi connectivity index (χ3v) is 13.2. The lowest BCUT2D eigenvalue weighted by Gasteiger charge is -2.41. The molecule has 2 aromatic heterocycles. The third-order valence-electron chi connectivity index (χ3n) is 13.2. The second kappa shape index (κ2) is 11.9. The van der Waals surface area contributed by atoms with E-state index in [1.165, 1.54) is 99.0 Å². The van der Waals surface area contributed by atoms with Crippen LogP contribution < -0.4 is 15.8 Å². The summed E-state index contributed by atoms with van der Waals surface area (Å²) in [6.07, 6.45) is 0. The number of fused-ring (bicyclic) bond motifs is 13. The van der Waals surface area contributed by atoms with E-state index in [0.29, 0.717) is 0 Å². The number of hydrogen-bond donors (Lipinski definition) is 0. The lowest BCUT2D eigenvalue weighted by molar-refractivity contribution is 0.670. The van der Waals surface area contributed by atoms with Crippen molar-refractivity contribution in [2.24, 2.45) is 0 Å². The summed E-state index contributed by atoms with van der Waals surface area (Å²) in [5.74, 6) is 0. The molecule has 0 aliphatic carbocycles. The first-order chi connectivity index (χ1) is 29.7. The van der Waals surface area contributed by atoms with Gasteiger partial charge in [-0.15, -0.1) is 0 Å². The van der Waals surface area contributed by atoms with Crippen molar-refractivity contribution >= 4 is 100 Å². The van der Waals surface area contributed by atoms with Crippen molar-refractivity contribution < 1.29 is 4.42 Å². The van der Waals surface area contributed by atoms with Gasteiger partial charge in [0.2, 0.25) is 0 Å². The molecule has 14 rings (SSSR count). The summed E-state index contributed by atoms with van der Waals surface area (Å²) in [5, 5.41) is 9.72. The Labute approximate surface area is 346 Å². The molecule has 60 heavy (non-hydrogen) atoms. The van der Waals surface area contributed by atoms with Gasteiger partial charge in [0.15, 0.2) is 0 Å². The summed E-state index contributed by atoms with van der Waals surface area (Å²) in [6.45, 7) is -0.113. The standard InChI is InChI=1S/C56H33BN2O/c1-3-14-34(15-4-1)38-28-39(35-16-5-2-6-17-35)30-42(29-38)58-50-32-41-27-37-19-8-7-18-36(37)26-40(41)31-48(50)57-54-51(58)33-47-44-21-10-12-25-52(44)60-56(47)53(54)46-23-13-22-45-43-20-9-11-24-49(43)59(57)55(45)46/h1-33H. The Morgan fingerprint density at radius 3 is 1.80 bits per heavy atom. The molecule has 2 aliphatic heterocycles. The van der Waals surface area contributed by atoms with E-state index in [4.69, 9.17) is 4.42 Å². The molecule has 0 saturated heterocycles. The Hall–Kier alpha value is -7.82. The van der Waals surface area contributed by atoms with Gasteiger partial charge in [0, 0.05) is 60.8 Å². The van der Waals surface area contributed by atoms with E-state index in [1.807, 2.05) is 0 Å². The number of benzene rings is 10. The van der Waals surface area contributed by atoms with Crippen LogP contribution >= 0.6 is 0 Å². The Morgan fingerprint density at radius 1 is 0.417 bits per heavy atom. The molecule has 0 atom stereocenters. The number of para-hydroxylation sites is 3. The maximum Gasteiger partial charge on any atom is 0.333 e. The first-order valence-electron chi connectivity index (χ1n) is 20.8. The Morgan fingerprint density at radius 2 is 1.05 bits per heavy atom. The van der Waals surface area contributed by atoms with E-state index >= 15 is 0 Å². The quantitative estimate of drug-likeness (QED) is 0.132. The van der Waals surface area contributed by atoms with Crippen LogP contribution in [0.4, 0.5) is 17.1 Å². The number of nitrogens with zero attached hydrogens (tertiary/aromatic N) is 2. The van der Waals surface area contributed by atoms with Crippen molar-refractivity contribution in [2.75, 3.05) is 4.90 Å². The molecule has 0 radical (unpaired) electrons. The Balaban J connectivity index is 1.18. The van der Waals surface area contributed by atoms with Gasteiger partial charge in [-0.05, 0) is 109 Å². The Kier molecular flexibility index (Phi) is 6.37. The average molecular weight is 761 g/mol. The zero-order valence-electron chi connectivity index (χ0n) is 32.4. The molecule has 4 heterocycles. The molecule has 0 fully saturated rings. The predicted molar refractivity (Wildman–Crippen MR) is 253 cm³/mol. The van der Waals surface area contributed by atoms with Crippen molar-refractivity contribution in [1.82, 2.24) is 4.48 Å². The SMILES string of the molecule is c1ccc(-c2cc(-c3ccccc3)cc(N3c4cc5cc6ccccc6cc5cc4B4c5c3cc3c(oc6ccccc63)c5-c3cccc5c6ccccc6n4c35)c2)cc1. The van der Waals surface area contributed by atoms with E-state index < -0.39 is 0 Å². The maximum absolute atomic E-state index is 7.02. The molecule has 0 bridgehead atoms. The van der Waals surface area contributed by atoms with Crippen molar-refractivity contribution in [1.29, 1.82) is 0 Å². The fourth-order valence-electron chi connectivity index (χ4n) is 10.7. The lowest BCUT2D eigenvalue weighted by atomic mass is 9.45. The molecular formula is C56H33BN2O. The van der Waals surface area contributed by atoms with Crippen LogP contribution in [-0.4, -0.2) is 11.3 Å². The van der Waals surface area contributed by atoms with Gasteiger partial charge in [0.05, 0.1) is 0 Å². The minimum absolute atomic E-state index is 0.113. The highest BCUT2D eigenvalue weighted by Gasteiger charge is 2.44. The second-order valence-electron chi connectivity index (χ2n) is 16.4. The van der Waals surface area contributed by atoms with Crippen molar-refractivity contribution in [3.63, 3.8) is 0 Å². The molecule has 12 aromatic rings. The first kappa shape index (κ1) is 32.2. The third kappa shape index (κ3) is 4.34. The fourth-order valence-corrected chi connectivity index (χ4v) is 10.7. The van der Waals surface area contributed by atoms with E-state index in [2.05, 4.69) is 210 Å². The summed E-state index contributed by atoms with van der Waals surface area (Å²) < 4.78 is 9.65. The van der Waals surface area contributed by atoms with Crippen LogP contribution in [0.15, 0.2) is 205 Å². The van der Waals surface area contributed by atoms with Gasteiger partial charge >= 0.3 is 6.85 Å². The fraction of sp³-hybridized carbons (Fsp3) is 0. The summed E-state index contributed by atoms with van der Waals surface area (Å²) in [6, 6.07) is 73.9. The van der Waals surface area contributed by atoms with Crippen LogP contribution in [0.3, 0.4) is 0 Å². The van der Waals surface area contributed by atoms with E-state index in [0.717, 1.165) is 27.6 Å². The minimum atomic E-state index is -0.113. The average Bonchev–Trinajstić information content (AvgIpc) is 3.85. The van der Waals surface area contributed by atoms with Gasteiger partial charge in [-0.1, -0.05) is 146 Å². The monoisotopic (exact) mass is 760 g/mol. The lowest BCUT2D eigenvalue weighted by Crippen LogP contribution is -2.56. The summed E-state index contributed by atoms with van der Waals surface area (Å²) >= 11 is 0. The molecule has 2 aliphatic rings. The number of hydrogen-bond acceptors (Lipinski definition) is 2. The van der Waals surface area contributed by atoms with E-state index in [-0.39, 0.29) is 6.85 Å². The van der Waals surface area contributed by atoms with Crippen LogP contribution in [0.5, 0.6) is 0 Å². The molecule has 3 nitrogen and oxygen atoms in total. The van der Waals surface area contributed by atoms with E-state index in [1.54, 1.807) is 0 Å². The van der Waals surface area contributed by atoms with Crippen molar-refractivity contribution in [2.45, 2.75) is 0 Å². The highest BCUT2D eigenvalue weighted by molar-refractivity contribution is 6.90. The van der Waals surface area contributed by atoms with Gasteiger partial charge in [-0.2, -0.15) is 0 Å². The van der Waals surface area contributed by atoms with Gasteiger partial charge in [-0.25, -0.2) is 0 Å². The number of anilines is 3. The molecule has 0 spiro atoms. The molecule has 0 N–H and O–H groups in total. The number of furan rings is 1. The largest absolute Gasteiger partial charge is 0.455 e. The van der Waals surface area contributed by atoms with Gasteiger partial charge in [-0.3, -0.25) is 0 Å². The van der Waals surface area contributed by atoms with Crippen molar-refractivity contribution in [3.05, 3.63) is 200 Å². The molecule has 10 aromatic carbocycles. The smallest absolute Gasteiger partial charge is 0.333 e. The predicted octanol–water partition coefficient (Wildman–Crippen LogP) is 13.8. The molecular weight excluding hydrogens is 727 g/mol. The molecule has 0 saturated carbocycles. The summed E-state index contributed by atoms with van der Waals surface area (Å²) in [7, 11) is 0. The van der Waals surface area contributed by atoms with Crippen LogP contribution in [0.2, 0.25) is 0 Å². The zero-order chi connectivity index (χ0) is 39.1. The summed E-state index contributed by atoms with van der Waals surface area (Å²) in [5.41, 5.74) is 17.5. The van der Waals surface area contributed by atoms with Crippen LogP contribution in [0.25, 0.3) is 98.7 Å².